The second-order valence-electron chi connectivity index (χ2n) is 5.11. The summed E-state index contributed by atoms with van der Waals surface area (Å²) in [5, 5.41) is 5.87. The second-order valence-corrected chi connectivity index (χ2v) is 5.11. The highest BCUT2D eigenvalue weighted by molar-refractivity contribution is 5.92. The number of nitrogens with one attached hydrogen (secondary N) is 2. The van der Waals surface area contributed by atoms with Crippen molar-refractivity contribution in [3.05, 3.63) is 84.2 Å². The van der Waals surface area contributed by atoms with Crippen molar-refractivity contribution in [2.45, 2.75) is 6.54 Å². The van der Waals surface area contributed by atoms with Crippen LogP contribution in [0.15, 0.2) is 67.1 Å². The van der Waals surface area contributed by atoms with Gasteiger partial charge in [0.1, 0.15) is 11.5 Å². The number of anilines is 2. The summed E-state index contributed by atoms with van der Waals surface area (Å²) in [5.74, 6) is -0.550. The SMILES string of the molecule is O=C(NCc1cccnc1)c1ccc(Nc2ccc(F)cc2)cn1. The first-order valence-corrected chi connectivity index (χ1v) is 7.36. The van der Waals surface area contributed by atoms with Gasteiger partial charge < -0.3 is 10.6 Å². The van der Waals surface area contributed by atoms with E-state index < -0.39 is 0 Å². The van der Waals surface area contributed by atoms with Gasteiger partial charge in [-0.1, -0.05) is 6.07 Å². The van der Waals surface area contributed by atoms with E-state index >= 15 is 0 Å². The van der Waals surface area contributed by atoms with Crippen molar-refractivity contribution in [3.63, 3.8) is 0 Å². The molecule has 0 fully saturated rings. The van der Waals surface area contributed by atoms with Gasteiger partial charge in [0.25, 0.3) is 5.91 Å². The summed E-state index contributed by atoms with van der Waals surface area (Å²) in [6.07, 6.45) is 4.94. The smallest absolute Gasteiger partial charge is 0.270 e. The summed E-state index contributed by atoms with van der Waals surface area (Å²) in [5.41, 5.74) is 2.70. The van der Waals surface area contributed by atoms with Gasteiger partial charge in [0.2, 0.25) is 0 Å². The average Bonchev–Trinajstić information content (AvgIpc) is 2.63. The monoisotopic (exact) mass is 322 g/mol. The lowest BCUT2D eigenvalue weighted by Crippen LogP contribution is -2.23. The Morgan fingerprint density at radius 1 is 1.00 bits per heavy atom. The first-order chi connectivity index (χ1) is 11.7. The summed E-state index contributed by atoms with van der Waals surface area (Å²) in [7, 11) is 0. The number of aromatic nitrogens is 2. The maximum absolute atomic E-state index is 12.9. The molecule has 0 saturated carbocycles. The van der Waals surface area contributed by atoms with Crippen LogP contribution in [0.1, 0.15) is 16.1 Å². The molecule has 2 N–H and O–H groups in total. The van der Waals surface area contributed by atoms with Gasteiger partial charge in [0.15, 0.2) is 0 Å². The maximum atomic E-state index is 12.9. The second kappa shape index (κ2) is 7.32. The molecule has 0 aliphatic heterocycles. The molecule has 2 heterocycles. The van der Waals surface area contributed by atoms with Crippen molar-refractivity contribution < 1.29 is 9.18 Å². The van der Waals surface area contributed by atoms with E-state index in [4.69, 9.17) is 0 Å². The predicted octanol–water partition coefficient (Wildman–Crippen LogP) is 3.29. The van der Waals surface area contributed by atoms with Crippen LogP contribution in [0.25, 0.3) is 0 Å². The van der Waals surface area contributed by atoms with Gasteiger partial charge in [-0.05, 0) is 48.0 Å². The largest absolute Gasteiger partial charge is 0.354 e. The van der Waals surface area contributed by atoms with E-state index in [0.29, 0.717) is 17.9 Å². The zero-order chi connectivity index (χ0) is 16.8. The van der Waals surface area contributed by atoms with Crippen molar-refractivity contribution in [2.24, 2.45) is 0 Å². The van der Waals surface area contributed by atoms with Gasteiger partial charge in [0.05, 0.1) is 11.9 Å². The molecule has 0 atom stereocenters. The molecular formula is C18H15FN4O. The lowest BCUT2D eigenvalue weighted by atomic mass is 10.2. The van der Waals surface area contributed by atoms with Crippen LogP contribution < -0.4 is 10.6 Å². The third-order valence-electron chi connectivity index (χ3n) is 3.30. The number of halogens is 1. The van der Waals surface area contributed by atoms with Gasteiger partial charge in [-0.25, -0.2) is 9.37 Å². The van der Waals surface area contributed by atoms with Crippen LogP contribution >= 0.6 is 0 Å². The molecule has 3 aromatic rings. The third-order valence-corrected chi connectivity index (χ3v) is 3.30. The van der Waals surface area contributed by atoms with E-state index in [1.807, 2.05) is 12.1 Å². The summed E-state index contributed by atoms with van der Waals surface area (Å²) < 4.78 is 12.9. The fraction of sp³-hybridized carbons (Fsp3) is 0.0556. The number of rotatable bonds is 5. The molecule has 0 unspecified atom stereocenters. The lowest BCUT2D eigenvalue weighted by molar-refractivity contribution is 0.0946. The summed E-state index contributed by atoms with van der Waals surface area (Å²) >= 11 is 0. The molecule has 2 aromatic heterocycles. The van der Waals surface area contributed by atoms with Crippen molar-refractivity contribution in [1.29, 1.82) is 0 Å². The molecule has 0 radical (unpaired) electrons. The van der Waals surface area contributed by atoms with Crippen LogP contribution in [0, 0.1) is 5.82 Å². The number of carbonyl (C=O) groups excluding carboxylic acids is 1. The molecule has 3 rings (SSSR count). The molecule has 0 saturated heterocycles. The highest BCUT2D eigenvalue weighted by atomic mass is 19.1. The molecule has 24 heavy (non-hydrogen) atoms. The fourth-order valence-electron chi connectivity index (χ4n) is 2.08. The molecule has 0 spiro atoms. The third kappa shape index (κ3) is 4.13. The van der Waals surface area contributed by atoms with E-state index in [2.05, 4.69) is 20.6 Å². The molecule has 6 heteroatoms. The van der Waals surface area contributed by atoms with Crippen LogP contribution in [0.2, 0.25) is 0 Å². The Hall–Kier alpha value is -3.28. The first-order valence-electron chi connectivity index (χ1n) is 7.36. The summed E-state index contributed by atoms with van der Waals surface area (Å²) in [4.78, 5) is 20.2. The first kappa shape index (κ1) is 15.6. The van der Waals surface area contributed by atoms with E-state index in [1.54, 1.807) is 42.9 Å². The molecule has 120 valence electrons. The lowest BCUT2D eigenvalue weighted by Gasteiger charge is -2.07. The Kier molecular flexibility index (Phi) is 4.76. The molecule has 1 amide bonds. The van der Waals surface area contributed by atoms with E-state index in [1.165, 1.54) is 12.1 Å². The van der Waals surface area contributed by atoms with E-state index in [-0.39, 0.29) is 11.7 Å². The quantitative estimate of drug-likeness (QED) is 0.756. The zero-order valence-electron chi connectivity index (χ0n) is 12.7. The van der Waals surface area contributed by atoms with E-state index in [9.17, 15) is 9.18 Å². The minimum atomic E-state index is -0.292. The average molecular weight is 322 g/mol. The maximum Gasteiger partial charge on any atom is 0.270 e. The van der Waals surface area contributed by atoms with Gasteiger partial charge >= 0.3 is 0 Å². The standard InChI is InChI=1S/C18H15FN4O/c19-14-3-5-15(6-4-14)23-16-7-8-17(21-12-16)18(24)22-11-13-2-1-9-20-10-13/h1-10,12,23H,11H2,(H,22,24). The normalized spacial score (nSPS) is 10.2. The number of carbonyl (C=O) groups is 1. The Morgan fingerprint density at radius 2 is 1.79 bits per heavy atom. The Morgan fingerprint density at radius 3 is 2.46 bits per heavy atom. The number of nitrogens with zero attached hydrogens (tertiary/aromatic N) is 2. The molecule has 0 aliphatic carbocycles. The Balaban J connectivity index is 1.59. The minimum Gasteiger partial charge on any atom is -0.354 e. The summed E-state index contributed by atoms with van der Waals surface area (Å²) in [6.45, 7) is 0.393. The number of hydrogen-bond donors (Lipinski definition) is 2. The topological polar surface area (TPSA) is 66.9 Å². The van der Waals surface area contributed by atoms with Crippen molar-refractivity contribution in [3.8, 4) is 0 Å². The molecule has 0 bridgehead atoms. The van der Waals surface area contributed by atoms with Crippen molar-refractivity contribution in [1.82, 2.24) is 15.3 Å². The van der Waals surface area contributed by atoms with E-state index in [0.717, 1.165) is 11.3 Å². The number of pyridine rings is 2. The molecule has 0 aliphatic rings. The van der Waals surface area contributed by atoms with Gasteiger partial charge in [-0.2, -0.15) is 0 Å². The highest BCUT2D eigenvalue weighted by Crippen LogP contribution is 2.16. The predicted molar refractivity (Wildman–Crippen MR) is 89.3 cm³/mol. The van der Waals surface area contributed by atoms with Gasteiger partial charge in [-0.3, -0.25) is 9.78 Å². The van der Waals surface area contributed by atoms with Crippen LogP contribution in [0.3, 0.4) is 0 Å². The molecule has 5 nitrogen and oxygen atoms in total. The molecular weight excluding hydrogens is 307 g/mol. The van der Waals surface area contributed by atoms with Crippen LogP contribution in [-0.4, -0.2) is 15.9 Å². The van der Waals surface area contributed by atoms with Crippen LogP contribution in [0.4, 0.5) is 15.8 Å². The van der Waals surface area contributed by atoms with Crippen molar-refractivity contribution >= 4 is 17.3 Å². The number of hydrogen-bond acceptors (Lipinski definition) is 4. The highest BCUT2D eigenvalue weighted by Gasteiger charge is 2.07. The number of amides is 1. The molecule has 1 aromatic carbocycles. The Bertz CT molecular complexity index is 805. The van der Waals surface area contributed by atoms with Crippen molar-refractivity contribution in [2.75, 3.05) is 5.32 Å². The van der Waals surface area contributed by atoms with Gasteiger partial charge in [0, 0.05) is 24.6 Å². The Labute approximate surface area is 138 Å². The zero-order valence-corrected chi connectivity index (χ0v) is 12.7. The van der Waals surface area contributed by atoms with Gasteiger partial charge in [-0.15, -0.1) is 0 Å². The van der Waals surface area contributed by atoms with Crippen LogP contribution in [-0.2, 0) is 6.54 Å². The minimum absolute atomic E-state index is 0.257. The summed E-state index contributed by atoms with van der Waals surface area (Å²) in [6, 6.07) is 13.1. The van der Waals surface area contributed by atoms with Crippen LogP contribution in [0.5, 0.6) is 0 Å². The fourth-order valence-corrected chi connectivity index (χ4v) is 2.08. The number of benzene rings is 1.